The van der Waals surface area contributed by atoms with Gasteiger partial charge in [0.2, 0.25) is 0 Å². The lowest BCUT2D eigenvalue weighted by molar-refractivity contribution is 1.07. The van der Waals surface area contributed by atoms with Crippen molar-refractivity contribution in [3.05, 3.63) is 54.1 Å². The van der Waals surface area contributed by atoms with Crippen molar-refractivity contribution in [1.29, 1.82) is 0 Å². The Morgan fingerprint density at radius 1 is 0.867 bits per heavy atom. The molecule has 0 saturated carbocycles. The van der Waals surface area contributed by atoms with E-state index in [1.807, 2.05) is 30.3 Å². The van der Waals surface area contributed by atoms with Gasteiger partial charge in [-0.25, -0.2) is 0 Å². The maximum Gasteiger partial charge on any atom is 0.0323 e. The van der Waals surface area contributed by atoms with E-state index in [4.69, 9.17) is 11.5 Å². The van der Waals surface area contributed by atoms with Crippen LogP contribution in [0.15, 0.2) is 48.5 Å². The van der Waals surface area contributed by atoms with Crippen molar-refractivity contribution in [1.82, 2.24) is 0 Å². The van der Waals surface area contributed by atoms with Crippen LogP contribution >= 0.6 is 0 Å². The molecule has 2 rings (SSSR count). The highest BCUT2D eigenvalue weighted by molar-refractivity contribution is 5.68. The van der Waals surface area contributed by atoms with Gasteiger partial charge in [0.15, 0.2) is 0 Å². The Labute approximate surface area is 89.5 Å². The summed E-state index contributed by atoms with van der Waals surface area (Å²) in [4.78, 5) is 0. The summed E-state index contributed by atoms with van der Waals surface area (Å²) >= 11 is 0. The van der Waals surface area contributed by atoms with Gasteiger partial charge in [0.25, 0.3) is 0 Å². The largest absolute Gasteiger partial charge is 0.399 e. The minimum atomic E-state index is 0.519. The van der Waals surface area contributed by atoms with Gasteiger partial charge in [-0.1, -0.05) is 30.3 Å². The van der Waals surface area contributed by atoms with Crippen LogP contribution in [0.2, 0.25) is 0 Å². The van der Waals surface area contributed by atoms with E-state index in [0.29, 0.717) is 6.54 Å². The first-order valence-corrected chi connectivity index (χ1v) is 4.94. The smallest absolute Gasteiger partial charge is 0.0323 e. The topological polar surface area (TPSA) is 52.0 Å². The third-order valence-electron chi connectivity index (χ3n) is 2.36. The zero-order valence-corrected chi connectivity index (χ0v) is 8.48. The highest BCUT2D eigenvalue weighted by atomic mass is 14.6. The summed E-state index contributed by atoms with van der Waals surface area (Å²) in [7, 11) is 0. The average Bonchev–Trinajstić information content (AvgIpc) is 2.29. The number of hydrogen-bond donors (Lipinski definition) is 2. The fraction of sp³-hybridized carbons (Fsp3) is 0.0769. The third kappa shape index (κ3) is 2.17. The van der Waals surface area contributed by atoms with Crippen molar-refractivity contribution in [2.75, 3.05) is 5.73 Å². The normalized spacial score (nSPS) is 10.2. The number of rotatable bonds is 2. The first kappa shape index (κ1) is 9.74. The summed E-state index contributed by atoms with van der Waals surface area (Å²) in [5, 5.41) is 0. The molecule has 2 aromatic rings. The second-order valence-corrected chi connectivity index (χ2v) is 3.53. The number of anilines is 1. The molecule has 2 nitrogen and oxygen atoms in total. The molecule has 0 radical (unpaired) electrons. The zero-order chi connectivity index (χ0) is 10.7. The minimum Gasteiger partial charge on any atom is -0.399 e. The number of nitrogens with two attached hydrogens (primary N) is 2. The molecular weight excluding hydrogens is 184 g/mol. The molecule has 0 unspecified atom stereocenters. The van der Waals surface area contributed by atoms with Gasteiger partial charge < -0.3 is 11.5 Å². The molecule has 2 aromatic carbocycles. The molecule has 76 valence electrons. The van der Waals surface area contributed by atoms with Crippen molar-refractivity contribution in [3.8, 4) is 11.1 Å². The zero-order valence-electron chi connectivity index (χ0n) is 8.48. The van der Waals surface area contributed by atoms with E-state index in [9.17, 15) is 0 Å². The molecule has 2 heteroatoms. The van der Waals surface area contributed by atoms with E-state index in [1.165, 1.54) is 5.56 Å². The van der Waals surface area contributed by atoms with Gasteiger partial charge in [-0.05, 0) is 34.9 Å². The SMILES string of the molecule is NCc1cc(N)cc(-c2ccccc2)c1. The number of benzene rings is 2. The highest BCUT2D eigenvalue weighted by Gasteiger charge is 1.99. The highest BCUT2D eigenvalue weighted by Crippen LogP contribution is 2.23. The van der Waals surface area contributed by atoms with E-state index >= 15 is 0 Å². The van der Waals surface area contributed by atoms with Crippen molar-refractivity contribution < 1.29 is 0 Å². The summed E-state index contributed by atoms with van der Waals surface area (Å²) in [5.41, 5.74) is 15.5. The molecule has 0 amide bonds. The molecule has 4 N–H and O–H groups in total. The molecule has 0 fully saturated rings. The first-order chi connectivity index (χ1) is 7.29. The molecule has 0 aliphatic rings. The molecule has 0 spiro atoms. The minimum absolute atomic E-state index is 0.519. The predicted molar refractivity (Wildman–Crippen MR) is 64.2 cm³/mol. The van der Waals surface area contributed by atoms with Crippen LogP contribution in [0.3, 0.4) is 0 Å². The van der Waals surface area contributed by atoms with Crippen LogP contribution in [0.4, 0.5) is 5.69 Å². The van der Waals surface area contributed by atoms with Crippen LogP contribution in [0.25, 0.3) is 11.1 Å². The second kappa shape index (κ2) is 4.15. The first-order valence-electron chi connectivity index (χ1n) is 4.94. The Hall–Kier alpha value is -1.80. The lowest BCUT2D eigenvalue weighted by Crippen LogP contribution is -1.98. The van der Waals surface area contributed by atoms with Crippen molar-refractivity contribution in [2.45, 2.75) is 6.54 Å². The predicted octanol–water partition coefficient (Wildman–Crippen LogP) is 2.39. The maximum atomic E-state index is 5.82. The lowest BCUT2D eigenvalue weighted by atomic mass is 10.0. The molecular formula is C13H14N2. The van der Waals surface area contributed by atoms with Gasteiger partial charge in [0.05, 0.1) is 0 Å². The van der Waals surface area contributed by atoms with Crippen molar-refractivity contribution in [2.24, 2.45) is 5.73 Å². The lowest BCUT2D eigenvalue weighted by Gasteiger charge is -2.06. The van der Waals surface area contributed by atoms with Crippen molar-refractivity contribution in [3.63, 3.8) is 0 Å². The van der Waals surface area contributed by atoms with E-state index in [2.05, 4.69) is 18.2 Å². The summed E-state index contributed by atoms with van der Waals surface area (Å²) in [6.45, 7) is 0.519. The van der Waals surface area contributed by atoms with Crippen LogP contribution < -0.4 is 11.5 Å². The Kier molecular flexibility index (Phi) is 2.70. The average molecular weight is 198 g/mol. The summed E-state index contributed by atoms with van der Waals surface area (Å²) in [6.07, 6.45) is 0. The molecule has 0 heterocycles. The summed E-state index contributed by atoms with van der Waals surface area (Å²) in [5.74, 6) is 0. The standard InChI is InChI=1S/C13H14N2/c14-9-10-6-12(8-13(15)7-10)11-4-2-1-3-5-11/h1-8H,9,14-15H2. The van der Waals surface area contributed by atoms with Crippen LogP contribution in [0.1, 0.15) is 5.56 Å². The summed E-state index contributed by atoms with van der Waals surface area (Å²) in [6, 6.07) is 16.1. The fourth-order valence-electron chi connectivity index (χ4n) is 1.63. The number of hydrogen-bond acceptors (Lipinski definition) is 2. The molecule has 0 atom stereocenters. The van der Waals surface area contributed by atoms with Crippen molar-refractivity contribution >= 4 is 5.69 Å². The van der Waals surface area contributed by atoms with E-state index in [0.717, 1.165) is 16.8 Å². The fourth-order valence-corrected chi connectivity index (χ4v) is 1.63. The molecule has 0 aromatic heterocycles. The van der Waals surface area contributed by atoms with Gasteiger partial charge in [0.1, 0.15) is 0 Å². The maximum absolute atomic E-state index is 5.82. The monoisotopic (exact) mass is 198 g/mol. The van der Waals surface area contributed by atoms with Crippen LogP contribution in [0, 0.1) is 0 Å². The Morgan fingerprint density at radius 3 is 2.27 bits per heavy atom. The van der Waals surface area contributed by atoms with E-state index < -0.39 is 0 Å². The van der Waals surface area contributed by atoms with Crippen LogP contribution in [0.5, 0.6) is 0 Å². The Morgan fingerprint density at radius 2 is 1.60 bits per heavy atom. The van der Waals surface area contributed by atoms with Gasteiger partial charge in [-0.2, -0.15) is 0 Å². The van der Waals surface area contributed by atoms with E-state index in [-0.39, 0.29) is 0 Å². The Bertz CT molecular complexity index is 449. The number of nitrogen functional groups attached to an aromatic ring is 1. The quantitative estimate of drug-likeness (QED) is 0.728. The summed E-state index contributed by atoms with van der Waals surface area (Å²) < 4.78 is 0. The molecule has 0 aliphatic carbocycles. The van der Waals surface area contributed by atoms with Gasteiger partial charge >= 0.3 is 0 Å². The van der Waals surface area contributed by atoms with Crippen LogP contribution in [-0.2, 0) is 6.54 Å². The molecule has 0 aliphatic heterocycles. The third-order valence-corrected chi connectivity index (χ3v) is 2.36. The van der Waals surface area contributed by atoms with Gasteiger partial charge in [-0.15, -0.1) is 0 Å². The molecule has 0 saturated heterocycles. The van der Waals surface area contributed by atoms with Gasteiger partial charge in [0, 0.05) is 12.2 Å². The van der Waals surface area contributed by atoms with Crippen LogP contribution in [-0.4, -0.2) is 0 Å². The second-order valence-electron chi connectivity index (χ2n) is 3.53. The Balaban J connectivity index is 2.49. The molecule has 15 heavy (non-hydrogen) atoms. The molecule has 0 bridgehead atoms. The van der Waals surface area contributed by atoms with Gasteiger partial charge in [-0.3, -0.25) is 0 Å². The van der Waals surface area contributed by atoms with E-state index in [1.54, 1.807) is 0 Å².